The number of nitrogens with one attached hydrogen (secondary N) is 3. The van der Waals surface area contributed by atoms with E-state index in [2.05, 4.69) is 16.2 Å². The highest BCUT2D eigenvalue weighted by Gasteiger charge is 1.72. The molecule has 0 aliphatic rings. The normalized spacial score (nSPS) is 9.43. The Hall–Kier alpha value is -0.120. The third-order valence-corrected chi connectivity index (χ3v) is 0.567. The summed E-state index contributed by atoms with van der Waals surface area (Å²) in [5, 5.41) is 2.93. The van der Waals surface area contributed by atoms with Gasteiger partial charge in [0.15, 0.2) is 0 Å². The molecule has 44 valence electrons. The van der Waals surface area contributed by atoms with E-state index in [1.807, 2.05) is 14.0 Å². The van der Waals surface area contributed by atoms with Crippen LogP contribution in [0, 0.1) is 0 Å². The molecule has 0 unspecified atom stereocenters. The van der Waals surface area contributed by atoms with Crippen LogP contribution in [0.1, 0.15) is 6.92 Å². The van der Waals surface area contributed by atoms with Gasteiger partial charge in [0.05, 0.1) is 6.67 Å². The van der Waals surface area contributed by atoms with E-state index in [0.717, 1.165) is 13.2 Å². The fraction of sp³-hybridized carbons (Fsp3) is 1.00. The summed E-state index contributed by atoms with van der Waals surface area (Å²) in [6.45, 7) is 3.82. The molecule has 0 aromatic carbocycles. The molecular formula is C4H13N3. The first-order valence-corrected chi connectivity index (χ1v) is 2.52. The van der Waals surface area contributed by atoms with Crippen molar-refractivity contribution in [2.45, 2.75) is 6.92 Å². The maximum atomic E-state index is 2.94. The molecular weight excluding hydrogens is 90.1 g/mol. The van der Waals surface area contributed by atoms with Crippen LogP contribution < -0.4 is 16.2 Å². The van der Waals surface area contributed by atoms with Crippen molar-refractivity contribution in [3.63, 3.8) is 0 Å². The van der Waals surface area contributed by atoms with Crippen molar-refractivity contribution in [3.8, 4) is 0 Å². The van der Waals surface area contributed by atoms with Gasteiger partial charge in [-0.1, -0.05) is 6.92 Å². The van der Waals surface area contributed by atoms with Gasteiger partial charge in [-0.05, 0) is 7.05 Å². The maximum absolute atomic E-state index is 2.94. The molecule has 3 nitrogen and oxygen atoms in total. The first-order chi connectivity index (χ1) is 3.41. The van der Waals surface area contributed by atoms with Crippen LogP contribution >= 0.6 is 0 Å². The monoisotopic (exact) mass is 103 g/mol. The quantitative estimate of drug-likeness (QED) is 0.249. The van der Waals surface area contributed by atoms with Gasteiger partial charge in [-0.3, -0.25) is 5.43 Å². The Bertz CT molecular complexity index is 26.1. The molecule has 0 amide bonds. The van der Waals surface area contributed by atoms with Crippen molar-refractivity contribution >= 4 is 0 Å². The summed E-state index contributed by atoms with van der Waals surface area (Å²) in [5.41, 5.74) is 5.86. The second-order valence-electron chi connectivity index (χ2n) is 1.24. The van der Waals surface area contributed by atoms with Crippen LogP contribution in [0.4, 0.5) is 0 Å². The Kier molecular flexibility index (Phi) is 5.78. The smallest absolute Gasteiger partial charge is 0.0587 e. The Morgan fingerprint density at radius 3 is 2.43 bits per heavy atom. The molecule has 0 saturated carbocycles. The summed E-state index contributed by atoms with van der Waals surface area (Å²) in [5.74, 6) is 0. The van der Waals surface area contributed by atoms with Crippen LogP contribution in [0.3, 0.4) is 0 Å². The predicted octanol–water partition coefficient (Wildman–Crippen LogP) is -0.723. The first kappa shape index (κ1) is 6.88. The standard InChI is InChI=1S/C4H13N3/c1-3-6-7-4-5-2/h5-7H,3-4H2,1-2H3. The van der Waals surface area contributed by atoms with Gasteiger partial charge in [0.2, 0.25) is 0 Å². The molecule has 7 heavy (non-hydrogen) atoms. The van der Waals surface area contributed by atoms with Gasteiger partial charge < -0.3 is 5.32 Å². The lowest BCUT2D eigenvalue weighted by atomic mass is 10.8. The van der Waals surface area contributed by atoms with Gasteiger partial charge in [-0.2, -0.15) is 0 Å². The molecule has 3 N–H and O–H groups in total. The first-order valence-electron chi connectivity index (χ1n) is 2.52. The summed E-state index contributed by atoms with van der Waals surface area (Å²) in [6, 6.07) is 0. The molecule has 0 spiro atoms. The molecule has 0 rings (SSSR count). The zero-order chi connectivity index (χ0) is 5.54. The molecule has 0 bridgehead atoms. The largest absolute Gasteiger partial charge is 0.307 e. The van der Waals surface area contributed by atoms with Crippen LogP contribution in [0.2, 0.25) is 0 Å². The lowest BCUT2D eigenvalue weighted by Gasteiger charge is -2.00. The van der Waals surface area contributed by atoms with E-state index in [4.69, 9.17) is 0 Å². The summed E-state index contributed by atoms with van der Waals surface area (Å²) in [7, 11) is 1.89. The summed E-state index contributed by atoms with van der Waals surface area (Å²) in [4.78, 5) is 0. The fourth-order valence-electron chi connectivity index (χ4n) is 0.276. The van der Waals surface area contributed by atoms with E-state index in [1.165, 1.54) is 0 Å². The van der Waals surface area contributed by atoms with Gasteiger partial charge in [0, 0.05) is 6.54 Å². The van der Waals surface area contributed by atoms with E-state index in [-0.39, 0.29) is 0 Å². The highest BCUT2D eigenvalue weighted by molar-refractivity contribution is 4.29. The lowest BCUT2D eigenvalue weighted by molar-refractivity contribution is 0.524. The Balaban J connectivity index is 2.45. The van der Waals surface area contributed by atoms with Crippen molar-refractivity contribution in [1.29, 1.82) is 0 Å². The van der Waals surface area contributed by atoms with Crippen molar-refractivity contribution in [2.75, 3.05) is 20.3 Å². The summed E-state index contributed by atoms with van der Waals surface area (Å²) >= 11 is 0. The van der Waals surface area contributed by atoms with Gasteiger partial charge in [-0.15, -0.1) is 0 Å². The van der Waals surface area contributed by atoms with Crippen molar-refractivity contribution < 1.29 is 0 Å². The molecule has 3 heteroatoms. The van der Waals surface area contributed by atoms with Gasteiger partial charge >= 0.3 is 0 Å². The van der Waals surface area contributed by atoms with Crippen molar-refractivity contribution in [2.24, 2.45) is 0 Å². The van der Waals surface area contributed by atoms with Crippen LogP contribution in [-0.4, -0.2) is 20.3 Å². The second-order valence-corrected chi connectivity index (χ2v) is 1.24. The number of hydrogen-bond acceptors (Lipinski definition) is 3. The van der Waals surface area contributed by atoms with Gasteiger partial charge in [0.25, 0.3) is 0 Å². The minimum Gasteiger partial charge on any atom is -0.307 e. The molecule has 0 heterocycles. The molecule has 0 aliphatic carbocycles. The van der Waals surface area contributed by atoms with Gasteiger partial charge in [0.1, 0.15) is 0 Å². The average molecular weight is 103 g/mol. The fourth-order valence-corrected chi connectivity index (χ4v) is 0.276. The van der Waals surface area contributed by atoms with Gasteiger partial charge in [-0.25, -0.2) is 5.43 Å². The maximum Gasteiger partial charge on any atom is 0.0587 e. The molecule has 0 radical (unpaired) electrons. The van der Waals surface area contributed by atoms with Crippen molar-refractivity contribution in [1.82, 2.24) is 16.2 Å². The zero-order valence-electron chi connectivity index (χ0n) is 4.91. The minimum atomic E-state index is 0.813. The number of hydrogen-bond donors (Lipinski definition) is 3. The predicted molar refractivity (Wildman–Crippen MR) is 30.7 cm³/mol. The van der Waals surface area contributed by atoms with E-state index < -0.39 is 0 Å². The van der Waals surface area contributed by atoms with E-state index in [1.54, 1.807) is 0 Å². The van der Waals surface area contributed by atoms with Crippen LogP contribution in [0.25, 0.3) is 0 Å². The molecule has 0 aliphatic heterocycles. The highest BCUT2D eigenvalue weighted by atomic mass is 15.4. The highest BCUT2D eigenvalue weighted by Crippen LogP contribution is 1.42. The molecule has 0 fully saturated rings. The molecule has 0 aromatic heterocycles. The number of hydrazine groups is 1. The summed E-state index contributed by atoms with van der Waals surface area (Å²) in [6.07, 6.45) is 0. The van der Waals surface area contributed by atoms with Crippen LogP contribution in [-0.2, 0) is 0 Å². The Morgan fingerprint density at radius 1 is 1.29 bits per heavy atom. The Labute approximate surface area is 44.5 Å². The topological polar surface area (TPSA) is 36.1 Å². The van der Waals surface area contributed by atoms with Crippen LogP contribution in [0.15, 0.2) is 0 Å². The lowest BCUT2D eigenvalue weighted by Crippen LogP contribution is -2.37. The average Bonchev–Trinajstić information content (AvgIpc) is 1.69. The Morgan fingerprint density at radius 2 is 2.00 bits per heavy atom. The van der Waals surface area contributed by atoms with E-state index >= 15 is 0 Å². The molecule has 0 aromatic rings. The third-order valence-electron chi connectivity index (χ3n) is 0.567. The third kappa shape index (κ3) is 5.88. The van der Waals surface area contributed by atoms with Crippen LogP contribution in [0.5, 0.6) is 0 Å². The van der Waals surface area contributed by atoms with Crippen molar-refractivity contribution in [3.05, 3.63) is 0 Å². The second kappa shape index (κ2) is 5.88. The molecule has 0 saturated heterocycles. The van der Waals surface area contributed by atoms with E-state index in [0.29, 0.717) is 0 Å². The summed E-state index contributed by atoms with van der Waals surface area (Å²) < 4.78 is 0. The minimum absolute atomic E-state index is 0.813. The zero-order valence-corrected chi connectivity index (χ0v) is 4.91. The molecule has 0 atom stereocenters. The van der Waals surface area contributed by atoms with E-state index in [9.17, 15) is 0 Å². The number of rotatable bonds is 4. The SMILES string of the molecule is CCNNCNC.